The van der Waals surface area contributed by atoms with Crippen molar-refractivity contribution in [3.63, 3.8) is 0 Å². The monoisotopic (exact) mass is 295 g/mol. The van der Waals surface area contributed by atoms with E-state index < -0.39 is 0 Å². The molecule has 0 radical (unpaired) electrons. The van der Waals surface area contributed by atoms with E-state index in [1.54, 1.807) is 6.07 Å². The Morgan fingerprint density at radius 2 is 1.86 bits per heavy atom. The summed E-state index contributed by atoms with van der Waals surface area (Å²) in [5.41, 5.74) is 4.43. The highest BCUT2D eigenvalue weighted by molar-refractivity contribution is 5.63. The molecule has 0 unspecified atom stereocenters. The van der Waals surface area contributed by atoms with E-state index in [4.69, 9.17) is 0 Å². The molecule has 0 aliphatic heterocycles. The summed E-state index contributed by atoms with van der Waals surface area (Å²) in [6, 6.07) is 13.1. The van der Waals surface area contributed by atoms with Gasteiger partial charge in [0.2, 0.25) is 0 Å². The summed E-state index contributed by atoms with van der Waals surface area (Å²) in [7, 11) is 1.91. The molecule has 0 heterocycles. The molecule has 2 N–H and O–H groups in total. The predicted molar refractivity (Wildman–Crippen MR) is 91.1 cm³/mol. The molecule has 2 aromatic rings. The third kappa shape index (κ3) is 4.27. The normalized spacial score (nSPS) is 11.0. The van der Waals surface area contributed by atoms with Gasteiger partial charge in [-0.05, 0) is 62.3 Å². The van der Waals surface area contributed by atoms with Gasteiger partial charge in [-0.1, -0.05) is 30.4 Å². The van der Waals surface area contributed by atoms with Crippen molar-refractivity contribution in [3.8, 4) is 5.75 Å². The maximum Gasteiger partial charge on any atom is 0.143 e. The standard InChI is InChI=1S/C18H21N3O/c1-13(2)15-5-7-16(8-6-15)20-21-17-12-14(10-11-19-3)4-9-18(17)22/h4-9,12,19,22H,1,10-11H2,2-3H3. The van der Waals surface area contributed by atoms with E-state index in [1.165, 1.54) is 0 Å². The summed E-state index contributed by atoms with van der Waals surface area (Å²) in [5.74, 6) is 0.135. The molecule has 0 aliphatic carbocycles. The van der Waals surface area contributed by atoms with Gasteiger partial charge in [0.1, 0.15) is 11.4 Å². The minimum absolute atomic E-state index is 0.135. The summed E-state index contributed by atoms with van der Waals surface area (Å²) in [6.45, 7) is 6.74. The molecule has 4 nitrogen and oxygen atoms in total. The molecule has 0 bridgehead atoms. The van der Waals surface area contributed by atoms with Crippen LogP contribution in [-0.2, 0) is 6.42 Å². The van der Waals surface area contributed by atoms with Crippen molar-refractivity contribution in [2.75, 3.05) is 13.6 Å². The number of allylic oxidation sites excluding steroid dienone is 1. The molecular weight excluding hydrogens is 274 g/mol. The maximum atomic E-state index is 9.87. The van der Waals surface area contributed by atoms with E-state index in [9.17, 15) is 5.11 Å². The molecule has 4 heteroatoms. The van der Waals surface area contributed by atoms with Crippen molar-refractivity contribution in [1.29, 1.82) is 0 Å². The van der Waals surface area contributed by atoms with E-state index in [1.807, 2.05) is 50.4 Å². The van der Waals surface area contributed by atoms with Gasteiger partial charge < -0.3 is 10.4 Å². The number of hydrogen-bond acceptors (Lipinski definition) is 4. The second kappa shape index (κ2) is 7.52. The van der Waals surface area contributed by atoms with Crippen LogP contribution < -0.4 is 5.32 Å². The SMILES string of the molecule is C=C(C)c1ccc(N=Nc2cc(CCNC)ccc2O)cc1. The first-order valence-electron chi connectivity index (χ1n) is 7.24. The number of phenols is 1. The van der Waals surface area contributed by atoms with Gasteiger partial charge in [0.25, 0.3) is 0 Å². The van der Waals surface area contributed by atoms with Crippen molar-refractivity contribution in [1.82, 2.24) is 5.32 Å². The number of rotatable bonds is 6. The fraction of sp³-hybridized carbons (Fsp3) is 0.222. The number of phenolic OH excluding ortho intramolecular Hbond substituents is 1. The Balaban J connectivity index is 2.16. The molecule has 0 atom stereocenters. The van der Waals surface area contributed by atoms with Crippen LogP contribution in [0.25, 0.3) is 5.57 Å². The first-order chi connectivity index (χ1) is 10.6. The quantitative estimate of drug-likeness (QED) is 0.765. The van der Waals surface area contributed by atoms with Gasteiger partial charge in [-0.25, -0.2) is 0 Å². The van der Waals surface area contributed by atoms with Crippen LogP contribution >= 0.6 is 0 Å². The Morgan fingerprint density at radius 1 is 1.14 bits per heavy atom. The fourth-order valence-corrected chi connectivity index (χ4v) is 2.00. The number of likely N-dealkylation sites (N-methyl/N-ethyl adjacent to an activating group) is 1. The van der Waals surface area contributed by atoms with E-state index in [2.05, 4.69) is 22.1 Å². The van der Waals surface area contributed by atoms with Gasteiger partial charge in [-0.15, -0.1) is 5.11 Å². The van der Waals surface area contributed by atoms with Crippen molar-refractivity contribution in [2.24, 2.45) is 10.2 Å². The smallest absolute Gasteiger partial charge is 0.143 e. The molecule has 114 valence electrons. The van der Waals surface area contributed by atoms with Gasteiger partial charge in [0, 0.05) is 0 Å². The topological polar surface area (TPSA) is 57.0 Å². The number of nitrogens with zero attached hydrogens (tertiary/aromatic N) is 2. The van der Waals surface area contributed by atoms with E-state index in [0.717, 1.165) is 35.4 Å². The summed E-state index contributed by atoms with van der Waals surface area (Å²) < 4.78 is 0. The van der Waals surface area contributed by atoms with Crippen molar-refractivity contribution < 1.29 is 5.11 Å². The molecular formula is C18H21N3O. The number of benzene rings is 2. The van der Waals surface area contributed by atoms with Gasteiger partial charge in [-0.3, -0.25) is 0 Å². The number of aromatic hydroxyl groups is 1. The highest BCUT2D eigenvalue weighted by Gasteiger charge is 2.02. The number of nitrogens with one attached hydrogen (secondary N) is 1. The van der Waals surface area contributed by atoms with E-state index in [-0.39, 0.29) is 5.75 Å². The lowest BCUT2D eigenvalue weighted by Crippen LogP contribution is -2.10. The molecule has 0 amide bonds. The lowest BCUT2D eigenvalue weighted by molar-refractivity contribution is 0.476. The minimum atomic E-state index is 0.135. The Labute approximate surface area is 131 Å². The summed E-state index contributed by atoms with van der Waals surface area (Å²) >= 11 is 0. The molecule has 0 spiro atoms. The molecule has 0 saturated carbocycles. The zero-order valence-corrected chi connectivity index (χ0v) is 13.0. The van der Waals surface area contributed by atoms with Gasteiger partial charge >= 0.3 is 0 Å². The Bertz CT molecular complexity index is 675. The summed E-state index contributed by atoms with van der Waals surface area (Å²) in [4.78, 5) is 0. The van der Waals surface area contributed by atoms with Crippen LogP contribution in [0.1, 0.15) is 18.1 Å². The first-order valence-corrected chi connectivity index (χ1v) is 7.24. The van der Waals surface area contributed by atoms with Gasteiger partial charge in [0.15, 0.2) is 0 Å². The maximum absolute atomic E-state index is 9.87. The van der Waals surface area contributed by atoms with Crippen LogP contribution in [0, 0.1) is 0 Å². The molecule has 0 saturated heterocycles. The second-order valence-corrected chi connectivity index (χ2v) is 5.20. The molecule has 2 aromatic carbocycles. The second-order valence-electron chi connectivity index (χ2n) is 5.20. The molecule has 22 heavy (non-hydrogen) atoms. The number of azo groups is 1. The van der Waals surface area contributed by atoms with E-state index in [0.29, 0.717) is 5.69 Å². The zero-order chi connectivity index (χ0) is 15.9. The van der Waals surface area contributed by atoms with Crippen molar-refractivity contribution >= 4 is 16.9 Å². The van der Waals surface area contributed by atoms with Crippen LogP contribution in [-0.4, -0.2) is 18.7 Å². The van der Waals surface area contributed by atoms with Crippen molar-refractivity contribution in [3.05, 3.63) is 60.2 Å². The van der Waals surface area contributed by atoms with Crippen molar-refractivity contribution in [2.45, 2.75) is 13.3 Å². The Hall–Kier alpha value is -2.46. The zero-order valence-electron chi connectivity index (χ0n) is 13.0. The Kier molecular flexibility index (Phi) is 5.44. The highest BCUT2D eigenvalue weighted by Crippen LogP contribution is 2.29. The average molecular weight is 295 g/mol. The van der Waals surface area contributed by atoms with Crippen LogP contribution in [0.4, 0.5) is 11.4 Å². The average Bonchev–Trinajstić information content (AvgIpc) is 2.53. The number of hydrogen-bond donors (Lipinski definition) is 2. The fourth-order valence-electron chi connectivity index (χ4n) is 2.00. The van der Waals surface area contributed by atoms with Gasteiger partial charge in [0.05, 0.1) is 5.69 Å². The third-order valence-corrected chi connectivity index (χ3v) is 3.34. The molecule has 0 fully saturated rings. The van der Waals surface area contributed by atoms with Crippen LogP contribution in [0.15, 0.2) is 59.3 Å². The summed E-state index contributed by atoms with van der Waals surface area (Å²) in [5, 5.41) is 21.3. The lowest BCUT2D eigenvalue weighted by Gasteiger charge is -2.04. The molecule has 0 aromatic heterocycles. The van der Waals surface area contributed by atoms with Crippen LogP contribution in [0.5, 0.6) is 5.75 Å². The predicted octanol–water partition coefficient (Wildman–Crippen LogP) is 4.60. The van der Waals surface area contributed by atoms with E-state index >= 15 is 0 Å². The Morgan fingerprint density at radius 3 is 2.50 bits per heavy atom. The highest BCUT2D eigenvalue weighted by atomic mass is 16.3. The van der Waals surface area contributed by atoms with Gasteiger partial charge in [-0.2, -0.15) is 5.11 Å². The molecule has 2 rings (SSSR count). The molecule has 0 aliphatic rings. The summed E-state index contributed by atoms with van der Waals surface area (Å²) in [6.07, 6.45) is 0.882. The largest absolute Gasteiger partial charge is 0.506 e. The van der Waals surface area contributed by atoms with Crippen LogP contribution in [0.3, 0.4) is 0 Å². The van der Waals surface area contributed by atoms with Crippen LogP contribution in [0.2, 0.25) is 0 Å². The third-order valence-electron chi connectivity index (χ3n) is 3.34. The first kappa shape index (κ1) is 15.9. The minimum Gasteiger partial charge on any atom is -0.506 e. The lowest BCUT2D eigenvalue weighted by atomic mass is 10.1.